The average Bonchev–Trinajstić information content (AvgIpc) is 2.82. The molecule has 0 fully saturated rings. The first kappa shape index (κ1) is 21.4. The summed E-state index contributed by atoms with van der Waals surface area (Å²) in [6, 6.07) is 22.8. The van der Waals surface area contributed by atoms with Crippen LogP contribution in [0.3, 0.4) is 0 Å². The third-order valence-electron chi connectivity index (χ3n) is 4.29. The van der Waals surface area contributed by atoms with Gasteiger partial charge in [-0.2, -0.15) is 5.26 Å². The van der Waals surface area contributed by atoms with Crippen LogP contribution >= 0.6 is 0 Å². The third-order valence-corrected chi connectivity index (χ3v) is 4.29. The van der Waals surface area contributed by atoms with Gasteiger partial charge in [0.05, 0.1) is 23.9 Å². The van der Waals surface area contributed by atoms with Crippen LogP contribution in [0, 0.1) is 11.3 Å². The van der Waals surface area contributed by atoms with Crippen molar-refractivity contribution in [1.82, 2.24) is 0 Å². The van der Waals surface area contributed by atoms with E-state index in [4.69, 9.17) is 19.5 Å². The molecule has 0 atom stereocenters. The molecule has 156 valence electrons. The summed E-state index contributed by atoms with van der Waals surface area (Å²) in [6.45, 7) is -0.140. The van der Waals surface area contributed by atoms with Crippen LogP contribution in [0.1, 0.15) is 21.5 Å². The highest BCUT2D eigenvalue weighted by Crippen LogP contribution is 2.29. The zero-order valence-electron chi connectivity index (χ0n) is 16.8. The summed E-state index contributed by atoms with van der Waals surface area (Å²) in [5.74, 6) is -0.381. The molecule has 1 N–H and O–H groups in total. The van der Waals surface area contributed by atoms with E-state index in [0.717, 1.165) is 5.56 Å². The van der Waals surface area contributed by atoms with Crippen molar-refractivity contribution < 1.29 is 23.8 Å². The van der Waals surface area contributed by atoms with Crippen molar-refractivity contribution >= 4 is 17.6 Å². The van der Waals surface area contributed by atoms with Gasteiger partial charge in [0.15, 0.2) is 18.1 Å². The number of carbonyl (C=O) groups excluding carboxylic acids is 2. The Kier molecular flexibility index (Phi) is 7.22. The summed E-state index contributed by atoms with van der Waals surface area (Å²) in [5.41, 5.74) is 1.89. The van der Waals surface area contributed by atoms with Crippen LogP contribution in [0.4, 0.5) is 5.69 Å². The minimum Gasteiger partial charge on any atom is -0.493 e. The minimum atomic E-state index is -0.684. The lowest BCUT2D eigenvalue weighted by atomic mass is 10.2. The number of anilines is 1. The van der Waals surface area contributed by atoms with E-state index in [1.165, 1.54) is 19.2 Å². The zero-order valence-corrected chi connectivity index (χ0v) is 16.8. The molecule has 7 heteroatoms. The summed E-state index contributed by atoms with van der Waals surface area (Å²) in [6.07, 6.45) is 0. The largest absolute Gasteiger partial charge is 0.493 e. The van der Waals surface area contributed by atoms with Gasteiger partial charge in [0.25, 0.3) is 5.91 Å². The maximum atomic E-state index is 12.3. The van der Waals surface area contributed by atoms with Crippen LogP contribution in [0.25, 0.3) is 0 Å². The molecule has 31 heavy (non-hydrogen) atoms. The molecule has 0 aliphatic carbocycles. The number of hydrogen-bond acceptors (Lipinski definition) is 6. The minimum absolute atomic E-state index is 0.217. The van der Waals surface area contributed by atoms with Gasteiger partial charge in [0.1, 0.15) is 12.7 Å². The van der Waals surface area contributed by atoms with Gasteiger partial charge in [-0.3, -0.25) is 4.79 Å². The molecular weight excluding hydrogens is 396 g/mol. The molecule has 0 spiro atoms. The molecule has 3 aromatic carbocycles. The average molecular weight is 416 g/mol. The molecule has 0 saturated heterocycles. The Balaban J connectivity index is 1.58. The van der Waals surface area contributed by atoms with Crippen LogP contribution in [0.2, 0.25) is 0 Å². The van der Waals surface area contributed by atoms with E-state index >= 15 is 0 Å². The van der Waals surface area contributed by atoms with Crippen molar-refractivity contribution in [3.05, 3.63) is 89.5 Å². The first-order valence-corrected chi connectivity index (χ1v) is 9.41. The second-order valence-electron chi connectivity index (χ2n) is 6.42. The summed E-state index contributed by atoms with van der Waals surface area (Å²) < 4.78 is 16.2. The van der Waals surface area contributed by atoms with Crippen molar-refractivity contribution in [3.8, 4) is 17.6 Å². The van der Waals surface area contributed by atoms with Gasteiger partial charge in [-0.1, -0.05) is 42.5 Å². The number of nitrogens with zero attached hydrogens (tertiary/aromatic N) is 1. The zero-order chi connectivity index (χ0) is 22.1. The Morgan fingerprint density at radius 1 is 0.968 bits per heavy atom. The van der Waals surface area contributed by atoms with Crippen LogP contribution in [0.5, 0.6) is 11.5 Å². The second kappa shape index (κ2) is 10.5. The number of nitrogens with one attached hydrogen (secondary N) is 1. The number of methoxy groups -OCH3 is 1. The highest BCUT2D eigenvalue weighted by molar-refractivity contribution is 5.96. The second-order valence-corrected chi connectivity index (χ2v) is 6.42. The highest BCUT2D eigenvalue weighted by atomic mass is 16.5. The normalized spacial score (nSPS) is 9.94. The first-order chi connectivity index (χ1) is 15.1. The predicted octanol–water partition coefficient (Wildman–Crippen LogP) is 3.94. The quantitative estimate of drug-likeness (QED) is 0.559. The molecule has 1 amide bonds. The number of amides is 1. The van der Waals surface area contributed by atoms with Crippen molar-refractivity contribution in [2.75, 3.05) is 19.0 Å². The topological polar surface area (TPSA) is 97.6 Å². The molecule has 0 aliphatic rings. The molecule has 3 rings (SSSR count). The number of carbonyl (C=O) groups is 2. The lowest BCUT2D eigenvalue weighted by Gasteiger charge is -2.12. The number of esters is 1. The van der Waals surface area contributed by atoms with Crippen molar-refractivity contribution in [3.63, 3.8) is 0 Å². The molecular formula is C24H20N2O5. The number of ether oxygens (including phenoxy) is 3. The van der Waals surface area contributed by atoms with Crippen LogP contribution in [-0.4, -0.2) is 25.6 Å². The smallest absolute Gasteiger partial charge is 0.338 e. The van der Waals surface area contributed by atoms with E-state index in [0.29, 0.717) is 29.4 Å². The third kappa shape index (κ3) is 5.84. The van der Waals surface area contributed by atoms with Crippen molar-refractivity contribution in [2.45, 2.75) is 6.61 Å². The molecule has 0 radical (unpaired) electrons. The fourth-order valence-corrected chi connectivity index (χ4v) is 2.74. The number of para-hydroxylation sites is 1. The molecule has 0 unspecified atom stereocenters. The summed E-state index contributed by atoms with van der Waals surface area (Å²) in [5, 5.41) is 11.6. The summed E-state index contributed by atoms with van der Waals surface area (Å²) in [7, 11) is 1.47. The number of hydrogen-bond donors (Lipinski definition) is 1. The van der Waals surface area contributed by atoms with Crippen molar-refractivity contribution in [2.24, 2.45) is 0 Å². The fourth-order valence-electron chi connectivity index (χ4n) is 2.74. The standard InChI is InChI=1S/C24H20N2O5/c1-29-22-13-18(11-12-21(22)30-15-17-7-3-2-4-8-17)24(28)31-16-23(27)26-20-10-6-5-9-19(20)14-25/h2-13H,15-16H2,1H3,(H,26,27). The first-order valence-electron chi connectivity index (χ1n) is 9.41. The SMILES string of the molecule is COc1cc(C(=O)OCC(=O)Nc2ccccc2C#N)ccc1OCc1ccccc1. The van der Waals surface area contributed by atoms with E-state index in [1.807, 2.05) is 36.4 Å². The molecule has 7 nitrogen and oxygen atoms in total. The summed E-state index contributed by atoms with van der Waals surface area (Å²) >= 11 is 0. The van der Waals surface area contributed by atoms with Gasteiger partial charge >= 0.3 is 5.97 Å². The van der Waals surface area contributed by atoms with E-state index < -0.39 is 18.5 Å². The number of nitriles is 1. The van der Waals surface area contributed by atoms with E-state index in [1.54, 1.807) is 30.3 Å². The van der Waals surface area contributed by atoms with Gasteiger partial charge in [-0.15, -0.1) is 0 Å². The molecule has 0 heterocycles. The Bertz CT molecular complexity index is 1110. The maximum Gasteiger partial charge on any atom is 0.338 e. The van der Waals surface area contributed by atoms with Gasteiger partial charge in [0.2, 0.25) is 0 Å². The maximum absolute atomic E-state index is 12.3. The molecule has 3 aromatic rings. The monoisotopic (exact) mass is 416 g/mol. The molecule has 0 aromatic heterocycles. The molecule has 0 aliphatic heterocycles. The van der Waals surface area contributed by atoms with Gasteiger partial charge in [0, 0.05) is 0 Å². The van der Waals surface area contributed by atoms with E-state index in [2.05, 4.69) is 5.32 Å². The van der Waals surface area contributed by atoms with Gasteiger partial charge in [-0.25, -0.2) is 4.79 Å². The Hall–Kier alpha value is -4.31. The number of rotatable bonds is 8. The lowest BCUT2D eigenvalue weighted by Crippen LogP contribution is -2.21. The molecule has 0 saturated carbocycles. The van der Waals surface area contributed by atoms with Crippen molar-refractivity contribution in [1.29, 1.82) is 5.26 Å². The Morgan fingerprint density at radius 2 is 1.71 bits per heavy atom. The number of benzene rings is 3. The summed E-state index contributed by atoms with van der Waals surface area (Å²) in [4.78, 5) is 24.4. The van der Waals surface area contributed by atoms with E-state index in [9.17, 15) is 9.59 Å². The Morgan fingerprint density at radius 3 is 2.45 bits per heavy atom. The van der Waals surface area contributed by atoms with E-state index in [-0.39, 0.29) is 5.56 Å². The lowest BCUT2D eigenvalue weighted by molar-refractivity contribution is -0.119. The van der Waals surface area contributed by atoms with Gasteiger partial charge < -0.3 is 19.5 Å². The predicted molar refractivity (Wildman–Crippen MR) is 114 cm³/mol. The molecule has 0 bridgehead atoms. The van der Waals surface area contributed by atoms with Crippen LogP contribution < -0.4 is 14.8 Å². The fraction of sp³-hybridized carbons (Fsp3) is 0.125. The van der Waals surface area contributed by atoms with Crippen LogP contribution in [0.15, 0.2) is 72.8 Å². The van der Waals surface area contributed by atoms with Gasteiger partial charge in [-0.05, 0) is 35.9 Å². The van der Waals surface area contributed by atoms with Crippen LogP contribution in [-0.2, 0) is 16.1 Å². The Labute approximate surface area is 179 Å². The highest BCUT2D eigenvalue weighted by Gasteiger charge is 2.15.